The molecule has 1 atom stereocenters. The van der Waals surface area contributed by atoms with Gasteiger partial charge in [0.1, 0.15) is 5.76 Å². The summed E-state index contributed by atoms with van der Waals surface area (Å²) in [6.07, 6.45) is 1.84. The summed E-state index contributed by atoms with van der Waals surface area (Å²) in [5.41, 5.74) is 0.763. The second-order valence-corrected chi connectivity index (χ2v) is 4.72. The second kappa shape index (κ2) is 6.94. The zero-order valence-corrected chi connectivity index (χ0v) is 13.8. The molecule has 2 aromatic carbocycles. The summed E-state index contributed by atoms with van der Waals surface area (Å²) in [6.45, 7) is 0. The van der Waals surface area contributed by atoms with E-state index in [0.717, 1.165) is 16.3 Å². The first-order valence-corrected chi connectivity index (χ1v) is 6.46. The third-order valence-corrected chi connectivity index (χ3v) is 3.47. The normalized spacial score (nSPS) is 11.8. The van der Waals surface area contributed by atoms with Gasteiger partial charge in [-0.05, 0) is 28.5 Å². The van der Waals surface area contributed by atoms with Crippen molar-refractivity contribution < 1.29 is 43.9 Å². The third kappa shape index (κ3) is 3.38. The molecule has 0 aliphatic heterocycles. The van der Waals surface area contributed by atoms with E-state index in [9.17, 15) is 9.90 Å². The van der Waals surface area contributed by atoms with Gasteiger partial charge in [-0.25, -0.2) is 0 Å². The largest absolute Gasteiger partial charge is 1.00 e. The van der Waals surface area contributed by atoms with E-state index in [0.29, 0.717) is 12.2 Å². The quantitative estimate of drug-likeness (QED) is 0.609. The smallest absolute Gasteiger partial charge is 0.549 e. The maximum atomic E-state index is 11.5. The average Bonchev–Trinajstić information content (AvgIpc) is 2.97. The average molecular weight is 288 g/mol. The minimum Gasteiger partial charge on any atom is -0.549 e. The van der Waals surface area contributed by atoms with E-state index in [1.807, 2.05) is 42.5 Å². The van der Waals surface area contributed by atoms with Gasteiger partial charge in [-0.15, -0.1) is 0 Å². The molecule has 0 aliphatic rings. The Morgan fingerprint density at radius 2 is 1.81 bits per heavy atom. The summed E-state index contributed by atoms with van der Waals surface area (Å²) in [5, 5.41) is 13.5. The van der Waals surface area contributed by atoms with Crippen molar-refractivity contribution in [2.75, 3.05) is 0 Å². The fourth-order valence-corrected chi connectivity index (χ4v) is 2.50. The Labute approximate surface area is 144 Å². The zero-order chi connectivity index (χ0) is 13.9. The number of carbonyl (C=O) groups excluding carboxylic acids is 1. The molecule has 3 nitrogen and oxygen atoms in total. The van der Waals surface area contributed by atoms with Crippen LogP contribution in [0.2, 0.25) is 0 Å². The Morgan fingerprint density at radius 3 is 2.52 bits per heavy atom. The van der Waals surface area contributed by atoms with Crippen LogP contribution in [-0.2, 0) is 11.2 Å². The number of carbonyl (C=O) groups is 1. The fraction of sp³-hybridized carbons (Fsp3) is 0.118. The van der Waals surface area contributed by atoms with Crippen molar-refractivity contribution in [2.24, 2.45) is 0 Å². The second-order valence-electron chi connectivity index (χ2n) is 4.72. The van der Waals surface area contributed by atoms with E-state index in [4.69, 9.17) is 4.42 Å². The van der Waals surface area contributed by atoms with Crippen LogP contribution in [0.4, 0.5) is 0 Å². The molecule has 0 unspecified atom stereocenters. The van der Waals surface area contributed by atoms with Gasteiger partial charge in [0.25, 0.3) is 0 Å². The van der Waals surface area contributed by atoms with Gasteiger partial charge in [0.15, 0.2) is 0 Å². The van der Waals surface area contributed by atoms with Gasteiger partial charge in [-0.2, -0.15) is 0 Å². The first kappa shape index (κ1) is 15.8. The van der Waals surface area contributed by atoms with Crippen LogP contribution in [0.15, 0.2) is 65.3 Å². The number of rotatable bonds is 4. The van der Waals surface area contributed by atoms with E-state index < -0.39 is 11.9 Å². The van der Waals surface area contributed by atoms with Gasteiger partial charge >= 0.3 is 29.6 Å². The van der Waals surface area contributed by atoms with Gasteiger partial charge in [0, 0.05) is 18.3 Å². The summed E-state index contributed by atoms with van der Waals surface area (Å²) in [5.74, 6) is -1.16. The Kier molecular flexibility index (Phi) is 5.23. The van der Waals surface area contributed by atoms with Crippen molar-refractivity contribution in [2.45, 2.75) is 12.3 Å². The molecule has 0 spiro atoms. The standard InChI is InChI=1S/C17H14O3.Na/c18-17(19)16(11-13-7-4-10-20-13)15-9-3-6-12-5-1-2-8-14(12)15;/h1-10,16H,11H2,(H,18,19);/q;+1/p-1/t16-;/m0./s1. The van der Waals surface area contributed by atoms with Crippen LogP contribution in [0.3, 0.4) is 0 Å². The molecular weight excluding hydrogens is 275 g/mol. The van der Waals surface area contributed by atoms with Gasteiger partial charge in [0.05, 0.1) is 6.26 Å². The van der Waals surface area contributed by atoms with Gasteiger partial charge < -0.3 is 14.3 Å². The first-order valence-electron chi connectivity index (χ1n) is 6.46. The van der Waals surface area contributed by atoms with Crippen LogP contribution in [0, 0.1) is 0 Å². The number of hydrogen-bond donors (Lipinski definition) is 0. The predicted molar refractivity (Wildman–Crippen MR) is 74.1 cm³/mol. The number of benzene rings is 2. The summed E-state index contributed by atoms with van der Waals surface area (Å²) in [4.78, 5) is 11.5. The van der Waals surface area contributed by atoms with E-state index in [2.05, 4.69) is 0 Å². The molecule has 0 amide bonds. The molecule has 21 heavy (non-hydrogen) atoms. The number of furan rings is 1. The monoisotopic (exact) mass is 288 g/mol. The van der Waals surface area contributed by atoms with Crippen molar-refractivity contribution in [3.8, 4) is 0 Å². The molecule has 1 heterocycles. The van der Waals surface area contributed by atoms with Crippen LogP contribution in [-0.4, -0.2) is 5.97 Å². The van der Waals surface area contributed by atoms with Crippen LogP contribution in [0.1, 0.15) is 17.2 Å². The van der Waals surface area contributed by atoms with Crippen molar-refractivity contribution >= 4 is 16.7 Å². The molecule has 0 saturated heterocycles. The number of hydrogen-bond acceptors (Lipinski definition) is 3. The van der Waals surface area contributed by atoms with Crippen LogP contribution in [0.25, 0.3) is 10.8 Å². The Bertz CT molecular complexity index is 729. The maximum absolute atomic E-state index is 11.5. The summed E-state index contributed by atoms with van der Waals surface area (Å²) < 4.78 is 5.26. The predicted octanol–water partition coefficient (Wildman–Crippen LogP) is -0.487. The number of aliphatic carboxylic acids is 1. The third-order valence-electron chi connectivity index (χ3n) is 3.47. The summed E-state index contributed by atoms with van der Waals surface area (Å²) >= 11 is 0. The number of carboxylic acids is 1. The van der Waals surface area contributed by atoms with Crippen LogP contribution >= 0.6 is 0 Å². The summed E-state index contributed by atoms with van der Waals surface area (Å²) in [7, 11) is 0. The van der Waals surface area contributed by atoms with Crippen LogP contribution in [0.5, 0.6) is 0 Å². The van der Waals surface area contributed by atoms with E-state index in [-0.39, 0.29) is 29.6 Å². The minimum absolute atomic E-state index is 0. The van der Waals surface area contributed by atoms with Crippen molar-refractivity contribution in [3.05, 3.63) is 72.2 Å². The molecule has 0 bridgehead atoms. The van der Waals surface area contributed by atoms with Crippen LogP contribution < -0.4 is 34.7 Å². The fourth-order valence-electron chi connectivity index (χ4n) is 2.50. The summed E-state index contributed by atoms with van der Waals surface area (Å²) in [6, 6.07) is 17.0. The molecule has 0 saturated carbocycles. The molecule has 0 fully saturated rings. The Hall–Kier alpha value is -1.55. The van der Waals surface area contributed by atoms with E-state index >= 15 is 0 Å². The van der Waals surface area contributed by atoms with E-state index in [1.54, 1.807) is 18.4 Å². The van der Waals surface area contributed by atoms with Crippen molar-refractivity contribution in [1.82, 2.24) is 0 Å². The SMILES string of the molecule is O=C([O-])[C@@H](Cc1ccco1)c1cccc2ccccc12.[Na+]. The molecule has 1 aromatic heterocycles. The van der Waals surface area contributed by atoms with E-state index in [1.165, 1.54) is 0 Å². The maximum Gasteiger partial charge on any atom is 1.00 e. The molecule has 100 valence electrons. The first-order chi connectivity index (χ1) is 9.75. The number of carboxylic acid groups (broad SMARTS) is 1. The minimum atomic E-state index is -1.09. The van der Waals surface area contributed by atoms with Gasteiger partial charge in [-0.3, -0.25) is 0 Å². The Morgan fingerprint density at radius 1 is 1.05 bits per heavy atom. The van der Waals surface area contributed by atoms with Crippen molar-refractivity contribution in [3.63, 3.8) is 0 Å². The molecule has 4 heteroatoms. The topological polar surface area (TPSA) is 53.3 Å². The zero-order valence-electron chi connectivity index (χ0n) is 11.8. The molecular formula is C17H13NaO3. The molecule has 3 rings (SSSR count). The molecule has 0 N–H and O–H groups in total. The molecule has 3 aromatic rings. The Balaban J connectivity index is 0.00000161. The van der Waals surface area contributed by atoms with Gasteiger partial charge in [-0.1, -0.05) is 42.5 Å². The molecule has 0 aliphatic carbocycles. The number of fused-ring (bicyclic) bond motifs is 1. The van der Waals surface area contributed by atoms with Gasteiger partial charge in [0.2, 0.25) is 0 Å². The molecule has 0 radical (unpaired) electrons. The van der Waals surface area contributed by atoms with Crippen molar-refractivity contribution in [1.29, 1.82) is 0 Å².